The SMILES string of the molecule is CC(C)NC(=O)[C@@H]([Se]c1ccccc1)c1ccccc1. The normalized spacial score (nSPS) is 12.2. The Morgan fingerprint density at radius 2 is 1.50 bits per heavy atom. The molecule has 3 heteroatoms. The quantitative estimate of drug-likeness (QED) is 0.837. The summed E-state index contributed by atoms with van der Waals surface area (Å²) < 4.78 is 1.24. The number of carbonyl (C=O) groups is 1. The molecule has 1 amide bonds. The van der Waals surface area contributed by atoms with Crippen LogP contribution in [0.15, 0.2) is 60.7 Å². The third kappa shape index (κ3) is 4.22. The van der Waals surface area contributed by atoms with Gasteiger partial charge in [0, 0.05) is 0 Å². The minimum absolute atomic E-state index is 0.0755. The van der Waals surface area contributed by atoms with Crippen molar-refractivity contribution in [2.75, 3.05) is 0 Å². The van der Waals surface area contributed by atoms with Crippen molar-refractivity contribution in [3.63, 3.8) is 0 Å². The Morgan fingerprint density at radius 1 is 0.950 bits per heavy atom. The molecule has 0 radical (unpaired) electrons. The van der Waals surface area contributed by atoms with Crippen LogP contribution in [0.25, 0.3) is 0 Å². The standard InChI is InChI=1S/C17H19NOSe/c1-13(2)18-17(19)16(14-9-5-3-6-10-14)20-15-11-7-4-8-12-15/h3-13,16H,1-2H3,(H,18,19)/t16-/m0/s1. The molecule has 0 spiro atoms. The van der Waals surface area contributed by atoms with Gasteiger partial charge in [-0.05, 0) is 0 Å². The van der Waals surface area contributed by atoms with Gasteiger partial charge >= 0.3 is 126 Å². The molecule has 0 aliphatic carbocycles. The first-order chi connectivity index (χ1) is 9.66. The summed E-state index contributed by atoms with van der Waals surface area (Å²) in [6.45, 7) is 3.99. The molecule has 1 N–H and O–H groups in total. The van der Waals surface area contributed by atoms with E-state index in [0.29, 0.717) is 0 Å². The van der Waals surface area contributed by atoms with Gasteiger partial charge in [-0.3, -0.25) is 0 Å². The molecule has 0 unspecified atom stereocenters. The molecule has 2 aromatic rings. The topological polar surface area (TPSA) is 29.1 Å². The molecule has 0 saturated carbocycles. The average Bonchev–Trinajstić information content (AvgIpc) is 2.46. The average molecular weight is 332 g/mol. The number of hydrogen-bond donors (Lipinski definition) is 1. The zero-order valence-electron chi connectivity index (χ0n) is 11.7. The Hall–Kier alpha value is -1.57. The van der Waals surface area contributed by atoms with Crippen molar-refractivity contribution in [2.24, 2.45) is 0 Å². The zero-order valence-corrected chi connectivity index (χ0v) is 13.5. The van der Waals surface area contributed by atoms with Gasteiger partial charge in [0.25, 0.3) is 0 Å². The van der Waals surface area contributed by atoms with Crippen molar-refractivity contribution in [1.29, 1.82) is 0 Å². The fourth-order valence-corrected chi connectivity index (χ4v) is 4.11. The second kappa shape index (κ2) is 7.28. The molecular formula is C17H19NOSe. The first kappa shape index (κ1) is 14.8. The Balaban J connectivity index is 2.23. The number of benzene rings is 2. The van der Waals surface area contributed by atoms with Crippen LogP contribution in [-0.2, 0) is 4.79 Å². The third-order valence-corrected chi connectivity index (χ3v) is 5.43. The van der Waals surface area contributed by atoms with Gasteiger partial charge in [-0.2, -0.15) is 0 Å². The molecule has 2 nitrogen and oxygen atoms in total. The third-order valence-electron chi connectivity index (χ3n) is 2.77. The van der Waals surface area contributed by atoms with Gasteiger partial charge in [-0.15, -0.1) is 0 Å². The van der Waals surface area contributed by atoms with Crippen LogP contribution in [0.2, 0.25) is 0 Å². The first-order valence-electron chi connectivity index (χ1n) is 6.74. The fourth-order valence-electron chi connectivity index (χ4n) is 1.90. The Kier molecular flexibility index (Phi) is 5.39. The number of rotatable bonds is 5. The van der Waals surface area contributed by atoms with Gasteiger partial charge in [0.1, 0.15) is 0 Å². The molecule has 104 valence electrons. The van der Waals surface area contributed by atoms with Gasteiger partial charge in [-0.1, -0.05) is 0 Å². The molecular weight excluding hydrogens is 313 g/mol. The molecule has 1 atom stereocenters. The van der Waals surface area contributed by atoms with Crippen LogP contribution in [0, 0.1) is 0 Å². The van der Waals surface area contributed by atoms with Crippen LogP contribution in [0.1, 0.15) is 24.2 Å². The van der Waals surface area contributed by atoms with Crippen molar-refractivity contribution in [3.8, 4) is 0 Å². The molecule has 0 saturated heterocycles. The van der Waals surface area contributed by atoms with Crippen molar-refractivity contribution < 1.29 is 4.79 Å². The van der Waals surface area contributed by atoms with Crippen LogP contribution in [0.3, 0.4) is 0 Å². The van der Waals surface area contributed by atoms with Crippen molar-refractivity contribution >= 4 is 25.3 Å². The number of hydrogen-bond acceptors (Lipinski definition) is 1. The number of amides is 1. The number of nitrogens with one attached hydrogen (secondary N) is 1. The summed E-state index contributed by atoms with van der Waals surface area (Å²) in [6, 6.07) is 20.5. The molecule has 2 rings (SSSR count). The van der Waals surface area contributed by atoms with E-state index in [2.05, 4.69) is 17.4 Å². The van der Waals surface area contributed by atoms with Crippen LogP contribution in [-0.4, -0.2) is 26.9 Å². The zero-order chi connectivity index (χ0) is 14.4. The van der Waals surface area contributed by atoms with E-state index >= 15 is 0 Å². The summed E-state index contributed by atoms with van der Waals surface area (Å²) >= 11 is 0.0849. The molecule has 0 aliphatic heterocycles. The van der Waals surface area contributed by atoms with Crippen LogP contribution in [0.4, 0.5) is 0 Å². The Morgan fingerprint density at radius 3 is 2.05 bits per heavy atom. The summed E-state index contributed by atoms with van der Waals surface area (Å²) in [5, 5.41) is 3.04. The predicted molar refractivity (Wildman–Crippen MR) is 84.3 cm³/mol. The first-order valence-corrected chi connectivity index (χ1v) is 8.58. The van der Waals surface area contributed by atoms with Crippen LogP contribution in [0.5, 0.6) is 0 Å². The van der Waals surface area contributed by atoms with Gasteiger partial charge in [-0.25, -0.2) is 0 Å². The Labute approximate surface area is 126 Å². The van der Waals surface area contributed by atoms with E-state index in [4.69, 9.17) is 0 Å². The second-order valence-corrected chi connectivity index (χ2v) is 7.36. The van der Waals surface area contributed by atoms with E-state index in [1.165, 1.54) is 4.46 Å². The monoisotopic (exact) mass is 333 g/mol. The van der Waals surface area contributed by atoms with Gasteiger partial charge < -0.3 is 0 Å². The molecule has 0 bridgehead atoms. The van der Waals surface area contributed by atoms with Gasteiger partial charge in [0.15, 0.2) is 0 Å². The Bertz CT molecular complexity index is 539. The van der Waals surface area contributed by atoms with Crippen molar-refractivity contribution in [2.45, 2.75) is 24.7 Å². The van der Waals surface area contributed by atoms with E-state index in [-0.39, 0.29) is 31.7 Å². The molecule has 20 heavy (non-hydrogen) atoms. The molecule has 0 heterocycles. The minimum atomic E-state index is -0.0755. The summed E-state index contributed by atoms with van der Waals surface area (Å²) in [4.78, 5) is 12.4. The summed E-state index contributed by atoms with van der Waals surface area (Å²) in [5.74, 6) is 0.120. The number of carbonyl (C=O) groups excluding carboxylic acids is 1. The molecule has 2 aromatic carbocycles. The summed E-state index contributed by atoms with van der Waals surface area (Å²) in [5.41, 5.74) is 1.09. The van der Waals surface area contributed by atoms with Crippen molar-refractivity contribution in [3.05, 3.63) is 66.2 Å². The van der Waals surface area contributed by atoms with E-state index in [1.807, 2.05) is 62.4 Å². The van der Waals surface area contributed by atoms with E-state index in [9.17, 15) is 4.79 Å². The van der Waals surface area contributed by atoms with E-state index < -0.39 is 0 Å². The van der Waals surface area contributed by atoms with E-state index in [1.54, 1.807) is 0 Å². The molecule has 0 fully saturated rings. The van der Waals surface area contributed by atoms with Crippen molar-refractivity contribution in [1.82, 2.24) is 5.32 Å². The van der Waals surface area contributed by atoms with Gasteiger partial charge in [0.05, 0.1) is 0 Å². The van der Waals surface area contributed by atoms with E-state index in [0.717, 1.165) is 5.56 Å². The fraction of sp³-hybridized carbons (Fsp3) is 0.235. The maximum atomic E-state index is 12.5. The summed E-state index contributed by atoms with van der Waals surface area (Å²) in [7, 11) is 0. The predicted octanol–water partition coefficient (Wildman–Crippen LogP) is 2.28. The van der Waals surface area contributed by atoms with Crippen LogP contribution >= 0.6 is 0 Å². The maximum absolute atomic E-state index is 12.5. The van der Waals surface area contributed by atoms with Crippen LogP contribution < -0.4 is 9.78 Å². The molecule has 0 aromatic heterocycles. The second-order valence-electron chi connectivity index (χ2n) is 4.88. The van der Waals surface area contributed by atoms with Gasteiger partial charge in [0.2, 0.25) is 0 Å². The summed E-state index contributed by atoms with van der Waals surface area (Å²) in [6.07, 6.45) is 0. The molecule has 0 aliphatic rings.